The molecule has 3 aliphatic carbocycles. The second kappa shape index (κ2) is 25.0. The maximum Gasteiger partial charge on any atom is 0.408 e. The van der Waals surface area contributed by atoms with Gasteiger partial charge < -0.3 is 65.2 Å². The minimum atomic E-state index is -2.35. The monoisotopic (exact) mass is 1140 g/mol. The lowest BCUT2D eigenvalue weighted by Gasteiger charge is -2.67. The second-order valence-electron chi connectivity index (χ2n) is 24.7. The number of aliphatic hydroxyl groups is 5. The number of Topliss-reactive ketones (excluding diaryl/α,β-unsaturated/α-hetero) is 1. The van der Waals surface area contributed by atoms with E-state index in [4.69, 9.17) is 28.9 Å². The summed E-state index contributed by atoms with van der Waals surface area (Å²) in [5.41, 5.74) is -7.35. The van der Waals surface area contributed by atoms with Crippen LogP contribution in [0.5, 0.6) is 0 Å². The number of benzene rings is 2. The van der Waals surface area contributed by atoms with Gasteiger partial charge in [0, 0.05) is 32.2 Å². The van der Waals surface area contributed by atoms with E-state index in [1.54, 1.807) is 104 Å². The van der Waals surface area contributed by atoms with Gasteiger partial charge in [-0.2, -0.15) is 0 Å². The topological polar surface area (TPSA) is 352 Å². The molecule has 81 heavy (non-hydrogen) atoms. The Labute approximate surface area is 471 Å². The molecule has 23 nitrogen and oxygen atoms in total. The molecule has 448 valence electrons. The van der Waals surface area contributed by atoms with Gasteiger partial charge in [0.25, 0.3) is 5.91 Å². The van der Waals surface area contributed by atoms with Crippen LogP contribution in [0.3, 0.4) is 0 Å². The Bertz CT molecular complexity index is 2690. The first-order valence-electron chi connectivity index (χ1n) is 26.9. The molecule has 4 amide bonds. The van der Waals surface area contributed by atoms with Crippen LogP contribution in [0.25, 0.3) is 0 Å². The Hall–Kier alpha value is -6.34. The summed E-state index contributed by atoms with van der Waals surface area (Å²) in [5, 5.41) is 75.3. The molecular weight excluding hydrogens is 1060 g/mol. The first-order chi connectivity index (χ1) is 37.4. The molecule has 1 heterocycles. The minimum absolute atomic E-state index is 0.0278. The van der Waals surface area contributed by atoms with Crippen molar-refractivity contribution in [3.63, 3.8) is 0 Å². The molecule has 0 spiro atoms. The van der Waals surface area contributed by atoms with Gasteiger partial charge in [-0.3, -0.25) is 29.2 Å². The number of hydrogen-bond acceptors (Lipinski definition) is 19. The summed E-state index contributed by atoms with van der Waals surface area (Å²) in [5.74, 6) is -8.44. The van der Waals surface area contributed by atoms with Crippen LogP contribution in [0, 0.1) is 34.0 Å². The Morgan fingerprint density at radius 3 is 1.90 bits per heavy atom. The second-order valence-corrected chi connectivity index (χ2v) is 24.7. The lowest BCUT2D eigenvalue weighted by atomic mass is 9.44. The number of amides is 4. The third-order valence-electron chi connectivity index (χ3n) is 16.1. The average molecular weight is 1140 g/mol. The van der Waals surface area contributed by atoms with E-state index in [9.17, 15) is 63.9 Å². The van der Waals surface area contributed by atoms with E-state index in [-0.39, 0.29) is 48.0 Å². The van der Waals surface area contributed by atoms with Crippen molar-refractivity contribution in [2.75, 3.05) is 13.7 Å². The average Bonchev–Trinajstić information content (AvgIpc) is 1.93. The quantitative estimate of drug-likeness (QED) is 0.0403. The fourth-order valence-corrected chi connectivity index (χ4v) is 11.8. The van der Waals surface area contributed by atoms with Crippen LogP contribution in [0.2, 0.25) is 0 Å². The molecular formula is C58H82N4O19. The smallest absolute Gasteiger partial charge is 0.408 e. The molecule has 2 bridgehead atoms. The zero-order chi connectivity index (χ0) is 61.1. The SMILES string of the molecule is CC(=O)O[C@@]12CO[C@@H]1C[C@H](O)[C@@]1(C)C(=O)[C@H](O)C3=C(C)[C@@H](OC(=O)C(O)[C@@H](NC(=O)OC(C)(C)C)c4ccccc4)C[C@@](O)([C@@H](OC(=O)c4ccccc4)[C@H]21)C3(C)C.CNC(=O)[C@@H](NC(=O)[C@H](CC(C)C)[C@H](O)C(=O)NO)C(C)(C)C. The van der Waals surface area contributed by atoms with Gasteiger partial charge >= 0.3 is 24.0 Å². The lowest BCUT2D eigenvalue weighted by Crippen LogP contribution is -2.81. The van der Waals surface area contributed by atoms with Crippen LogP contribution in [-0.2, 0) is 52.5 Å². The predicted octanol–water partition coefficient (Wildman–Crippen LogP) is 3.05. The third kappa shape index (κ3) is 13.5. The number of aliphatic hydroxyl groups excluding tert-OH is 4. The van der Waals surface area contributed by atoms with E-state index < -0.39 is 148 Å². The van der Waals surface area contributed by atoms with Crippen molar-refractivity contribution < 1.29 is 92.8 Å². The van der Waals surface area contributed by atoms with Crippen molar-refractivity contribution in [1.82, 2.24) is 21.4 Å². The molecule has 2 aromatic carbocycles. The van der Waals surface area contributed by atoms with E-state index in [0.717, 1.165) is 6.92 Å². The van der Waals surface area contributed by atoms with E-state index >= 15 is 0 Å². The molecule has 1 unspecified atom stereocenters. The molecule has 4 aliphatic rings. The number of likely N-dealkylation sites (N-methyl/N-ethyl adjacent to an activating group) is 1. The van der Waals surface area contributed by atoms with Crippen molar-refractivity contribution in [3.8, 4) is 0 Å². The van der Waals surface area contributed by atoms with Crippen LogP contribution in [0.4, 0.5) is 4.79 Å². The van der Waals surface area contributed by atoms with E-state index in [1.165, 1.54) is 38.5 Å². The van der Waals surface area contributed by atoms with E-state index in [0.29, 0.717) is 5.56 Å². The molecule has 2 aromatic rings. The highest BCUT2D eigenvalue weighted by Crippen LogP contribution is 2.64. The Morgan fingerprint density at radius 1 is 0.827 bits per heavy atom. The highest BCUT2D eigenvalue weighted by Gasteiger charge is 2.78. The highest BCUT2D eigenvalue weighted by atomic mass is 16.6. The number of ketones is 1. The number of hydrogen-bond donors (Lipinski definition) is 10. The van der Waals surface area contributed by atoms with Crippen LogP contribution >= 0.6 is 0 Å². The first-order valence-corrected chi connectivity index (χ1v) is 26.9. The van der Waals surface area contributed by atoms with E-state index in [2.05, 4.69) is 16.0 Å². The number of ether oxygens (including phenoxy) is 5. The number of alkyl carbamates (subject to hydrolysis) is 1. The molecule has 0 radical (unpaired) electrons. The van der Waals surface area contributed by atoms with Gasteiger partial charge in [-0.1, -0.05) is 97.0 Å². The maximum absolute atomic E-state index is 14.9. The van der Waals surface area contributed by atoms with Gasteiger partial charge in [0.2, 0.25) is 11.8 Å². The third-order valence-corrected chi connectivity index (χ3v) is 16.1. The fourth-order valence-electron chi connectivity index (χ4n) is 11.8. The maximum atomic E-state index is 14.9. The zero-order valence-corrected chi connectivity index (χ0v) is 48.5. The molecule has 1 saturated heterocycles. The molecule has 3 fully saturated rings. The Kier molecular flexibility index (Phi) is 20.2. The van der Waals surface area contributed by atoms with Gasteiger partial charge in [0.05, 0.1) is 41.6 Å². The molecule has 10 N–H and O–H groups in total. The fraction of sp³-hybridized carbons (Fsp3) is 0.621. The molecule has 6 rings (SSSR count). The Morgan fingerprint density at radius 2 is 1.41 bits per heavy atom. The number of nitrogens with one attached hydrogen (secondary N) is 4. The summed E-state index contributed by atoms with van der Waals surface area (Å²) < 4.78 is 29.5. The summed E-state index contributed by atoms with van der Waals surface area (Å²) >= 11 is 0. The van der Waals surface area contributed by atoms with Crippen molar-refractivity contribution in [2.24, 2.45) is 34.0 Å². The van der Waals surface area contributed by atoms with Gasteiger partial charge in [-0.05, 0) is 81.2 Å². The van der Waals surface area contributed by atoms with Gasteiger partial charge in [0.15, 0.2) is 17.5 Å². The normalized spacial score (nSPS) is 28.5. The number of esters is 3. The molecule has 1 aliphatic heterocycles. The number of carbonyl (C=O) groups excluding carboxylic acids is 8. The van der Waals surface area contributed by atoms with Gasteiger partial charge in [0.1, 0.15) is 47.8 Å². The minimum Gasteiger partial charge on any atom is -0.456 e. The number of rotatable bonds is 15. The Balaban J connectivity index is 0.000000442. The summed E-state index contributed by atoms with van der Waals surface area (Å²) in [4.78, 5) is 105. The van der Waals surface area contributed by atoms with Crippen molar-refractivity contribution in [2.45, 2.75) is 181 Å². The zero-order valence-electron chi connectivity index (χ0n) is 48.5. The summed E-state index contributed by atoms with van der Waals surface area (Å²) in [6.07, 6.45) is -13.0. The van der Waals surface area contributed by atoms with Crippen molar-refractivity contribution >= 4 is 47.5 Å². The molecule has 14 atom stereocenters. The van der Waals surface area contributed by atoms with Gasteiger partial charge in [-0.25, -0.2) is 19.9 Å². The predicted molar refractivity (Wildman–Crippen MR) is 288 cm³/mol. The highest BCUT2D eigenvalue weighted by molar-refractivity contribution is 5.95. The summed E-state index contributed by atoms with van der Waals surface area (Å²) in [6, 6.07) is 13.8. The van der Waals surface area contributed by atoms with Crippen molar-refractivity contribution in [1.29, 1.82) is 0 Å². The van der Waals surface area contributed by atoms with Crippen LogP contribution in [-0.4, -0.2) is 157 Å². The number of hydroxylamine groups is 1. The largest absolute Gasteiger partial charge is 0.456 e. The number of fused-ring (bicyclic) bond motifs is 5. The number of carbonyl (C=O) groups is 8. The van der Waals surface area contributed by atoms with Crippen LogP contribution in [0.15, 0.2) is 71.8 Å². The lowest BCUT2D eigenvalue weighted by molar-refractivity contribution is -0.346. The molecule has 23 heteroatoms. The van der Waals surface area contributed by atoms with Crippen molar-refractivity contribution in [3.05, 3.63) is 82.9 Å². The van der Waals surface area contributed by atoms with E-state index in [1.807, 2.05) is 13.8 Å². The molecule has 0 aromatic heterocycles. The molecule has 2 saturated carbocycles. The van der Waals surface area contributed by atoms with Crippen LogP contribution < -0.4 is 21.4 Å². The standard InChI is InChI=1S/C43H53NO14.C15H29N3O5/c1-22-26(55-37(51)32(48)30(24-15-11-9-12-16-24)44-38(52)58-39(3,4)5)20-43(53)35(56-36(50)25-17-13-10-14-18-25)33-41(8,34(49)31(47)29(22)40(43,6)7)27(46)19-28-42(33,21-54-28)57-23(2)45;1-8(2)7-9(10(19)13(21)18-23)12(20)17-11(14(22)16-6)15(3,4)5/h9-18,26-28,30-33,35,46-48,53H,19-21H2,1-8H3,(H,44,52);8-11,19,23H,7H2,1-6H3,(H,16,22)(H,17,20)(H,18,21)/t26-,27-,28+,30-,31+,32?,33-,35-,41+,42-,43+;9-,10+,11-/m01/s1. The van der Waals surface area contributed by atoms with Crippen LogP contribution in [0.1, 0.15) is 131 Å². The first kappa shape index (κ1) is 65.5. The summed E-state index contributed by atoms with van der Waals surface area (Å²) in [6.45, 7) is 20.8. The summed E-state index contributed by atoms with van der Waals surface area (Å²) in [7, 11) is 1.47. The van der Waals surface area contributed by atoms with Gasteiger partial charge in [-0.15, -0.1) is 0 Å².